The molecule has 2 aromatic carbocycles. The minimum Gasteiger partial charge on any atom is -0.480 e. The van der Waals surface area contributed by atoms with E-state index in [9.17, 15) is 41.9 Å². The molecule has 0 aliphatic rings. The Kier molecular flexibility index (Phi) is 29.8. The number of esters is 2. The van der Waals surface area contributed by atoms with Gasteiger partial charge in [0.25, 0.3) is 0 Å². The van der Waals surface area contributed by atoms with Crippen molar-refractivity contribution in [2.45, 2.75) is 122 Å². The zero-order valence-electron chi connectivity index (χ0n) is 42.7. The zero-order chi connectivity index (χ0) is 55.9. The number of Topliss-reactive ketones (excluding diaryl/α,β-unsaturated/α-hetero) is 1. The number of methoxy groups -OCH3 is 2. The lowest BCUT2D eigenvalue weighted by Gasteiger charge is -2.24. The molecular formula is C53H68F3N3O13S2. The predicted octanol–water partition coefficient (Wildman–Crippen LogP) is 9.70. The maximum Gasteiger partial charge on any atom is 0.490 e. The summed E-state index contributed by atoms with van der Waals surface area (Å²) in [5.41, 5.74) is 6.93. The molecule has 74 heavy (non-hydrogen) atoms. The highest BCUT2D eigenvalue weighted by Gasteiger charge is 2.38. The van der Waals surface area contributed by atoms with Gasteiger partial charge in [0.1, 0.15) is 17.2 Å². The summed E-state index contributed by atoms with van der Waals surface area (Å²) in [6.07, 6.45) is 3.71. The molecule has 4 aromatic rings. The summed E-state index contributed by atoms with van der Waals surface area (Å²) in [6, 6.07) is 25.8. The number of benzene rings is 2. The molecule has 0 radical (unpaired) electrons. The molecule has 0 saturated heterocycles. The van der Waals surface area contributed by atoms with Crippen LogP contribution in [0.25, 0.3) is 0 Å². The minimum atomic E-state index is -5.08. The molecule has 4 rings (SSSR count). The molecule has 21 heteroatoms. The third kappa shape index (κ3) is 32.3. The van der Waals surface area contributed by atoms with E-state index in [4.69, 9.17) is 35.0 Å². The molecule has 0 fully saturated rings. The third-order valence-electron chi connectivity index (χ3n) is 9.39. The van der Waals surface area contributed by atoms with E-state index in [1.165, 1.54) is 54.6 Å². The van der Waals surface area contributed by atoms with Gasteiger partial charge in [0.2, 0.25) is 0 Å². The molecule has 6 N–H and O–H groups in total. The van der Waals surface area contributed by atoms with Gasteiger partial charge in [-0.2, -0.15) is 13.2 Å². The van der Waals surface area contributed by atoms with Crippen LogP contribution in [0.5, 0.6) is 0 Å². The number of amides is 2. The van der Waals surface area contributed by atoms with Gasteiger partial charge in [-0.25, -0.2) is 28.8 Å². The molecule has 406 valence electrons. The number of nitrogens with one attached hydrogen (secondary N) is 2. The number of carbonyl (C=O) groups excluding carboxylic acids is 5. The molecule has 0 aliphatic carbocycles. The topological polar surface area (TPSA) is 247 Å². The number of carboxylic acids is 2. The smallest absolute Gasteiger partial charge is 0.480 e. The van der Waals surface area contributed by atoms with Crippen molar-refractivity contribution in [2.75, 3.05) is 14.2 Å². The van der Waals surface area contributed by atoms with Crippen LogP contribution in [0, 0.1) is 5.92 Å². The first kappa shape index (κ1) is 65.2. The van der Waals surface area contributed by atoms with E-state index in [1.807, 2.05) is 83.6 Å². The number of rotatable bonds is 20. The summed E-state index contributed by atoms with van der Waals surface area (Å²) < 4.78 is 51.3. The highest BCUT2D eigenvalue weighted by atomic mass is 32.1. The summed E-state index contributed by atoms with van der Waals surface area (Å²) in [6.45, 7) is 10.5. The van der Waals surface area contributed by atoms with E-state index in [0.29, 0.717) is 12.8 Å². The lowest BCUT2D eigenvalue weighted by Crippen LogP contribution is -2.45. The standard InChI is InChI=1S/C26H33NO5S.C13H17NO2.C12H17NO4S.C2HF3O2/c1-26(2,3)32-25(30)27-22(18-21-11-8-16-33-21)23(28)17-20(14-15-24(29)31-4)13-12-19-9-6-5-7-10-19;1-16-13(15)10-9-12(14)8-7-11-5-3-2-4-6-11;1-12(2,3)17-11(16)13-9(10(14)15)7-8-5-4-6-18-8;3-2(4,5)1(6)7/h5-11,14-16,20,22H,12-13,17-18H2,1-4H3,(H,27,30);2-6,9-10,12H,7-8,14H2,1H3;4-6,9H,7H2,1-3H3,(H,13,16)(H,14,15);(H,6,7)/b15-14+;10-9+;;/t20-,22-;12-;9-;/m000./s1. The first-order valence-electron chi connectivity index (χ1n) is 23.1. The van der Waals surface area contributed by atoms with E-state index >= 15 is 0 Å². The third-order valence-corrected chi connectivity index (χ3v) is 11.2. The quantitative estimate of drug-likeness (QED) is 0.0314. The van der Waals surface area contributed by atoms with Crippen LogP contribution >= 0.6 is 22.7 Å². The highest BCUT2D eigenvalue weighted by molar-refractivity contribution is 7.10. The number of halogens is 3. The van der Waals surface area contributed by atoms with Crippen LogP contribution in [0.1, 0.15) is 81.7 Å². The molecule has 4 atom stereocenters. The Labute approximate surface area is 438 Å². The number of carboxylic acid groups (broad SMARTS) is 2. The molecule has 2 heterocycles. The fourth-order valence-electron chi connectivity index (χ4n) is 5.90. The predicted molar refractivity (Wildman–Crippen MR) is 277 cm³/mol. The zero-order valence-corrected chi connectivity index (χ0v) is 44.4. The monoisotopic (exact) mass is 1080 g/mol. The van der Waals surface area contributed by atoms with Crippen molar-refractivity contribution in [1.82, 2.24) is 10.6 Å². The maximum absolute atomic E-state index is 13.3. The van der Waals surface area contributed by atoms with Crippen molar-refractivity contribution in [3.8, 4) is 0 Å². The highest BCUT2D eigenvalue weighted by Crippen LogP contribution is 2.20. The fraction of sp³-hybridized carbons (Fsp3) is 0.415. The van der Waals surface area contributed by atoms with E-state index in [-0.39, 0.29) is 36.6 Å². The normalized spacial score (nSPS) is 12.9. The second-order valence-corrected chi connectivity index (χ2v) is 20.1. The first-order valence-corrected chi connectivity index (χ1v) is 24.8. The van der Waals surface area contributed by atoms with E-state index in [2.05, 4.69) is 27.5 Å². The lowest BCUT2D eigenvalue weighted by molar-refractivity contribution is -0.192. The average Bonchev–Trinajstić information content (AvgIpc) is 4.05. The van der Waals surface area contributed by atoms with Crippen LogP contribution in [0.15, 0.2) is 120 Å². The maximum atomic E-state index is 13.3. The van der Waals surface area contributed by atoms with Gasteiger partial charge >= 0.3 is 42.2 Å². The molecule has 16 nitrogen and oxygen atoms in total. The van der Waals surface area contributed by atoms with Crippen LogP contribution in [-0.2, 0) is 68.6 Å². The van der Waals surface area contributed by atoms with Crippen LogP contribution in [-0.4, -0.2) is 102 Å². The summed E-state index contributed by atoms with van der Waals surface area (Å²) in [4.78, 5) is 81.5. The molecule has 2 aromatic heterocycles. The summed E-state index contributed by atoms with van der Waals surface area (Å²) in [5, 5.41) is 25.1. The second-order valence-electron chi connectivity index (χ2n) is 18.0. The Hall–Kier alpha value is -6.84. The van der Waals surface area contributed by atoms with E-state index in [1.54, 1.807) is 53.7 Å². The van der Waals surface area contributed by atoms with Crippen molar-refractivity contribution >= 4 is 64.5 Å². The van der Waals surface area contributed by atoms with Crippen molar-refractivity contribution in [1.29, 1.82) is 0 Å². The SMILES string of the molecule is CC(C)(C)OC(=O)N[C@@H](Cc1cccs1)C(=O)O.COC(=O)/C=C/[C@@H](N)CCc1ccccc1.COC(=O)/C=C/[C@H](CCc1ccccc1)CC(=O)[C@H](Cc1cccs1)NC(=O)OC(C)(C)C.O=C(O)C(F)(F)F. The summed E-state index contributed by atoms with van der Waals surface area (Å²) in [7, 11) is 2.67. The van der Waals surface area contributed by atoms with Crippen molar-refractivity contribution in [2.24, 2.45) is 11.7 Å². The number of carbonyl (C=O) groups is 7. The fourth-order valence-corrected chi connectivity index (χ4v) is 7.40. The Bertz CT molecular complexity index is 2350. The molecule has 0 aliphatic heterocycles. The first-order chi connectivity index (χ1) is 34.6. The average molecular weight is 1080 g/mol. The molecule has 0 spiro atoms. The number of allylic oxidation sites excluding steroid dienone is 1. The number of thiophene rings is 2. The Morgan fingerprint density at radius 3 is 1.41 bits per heavy atom. The molecule has 2 amide bonds. The number of alkyl carbamates (subject to hydrolysis) is 2. The van der Waals surface area contributed by atoms with Gasteiger partial charge in [0.15, 0.2) is 5.78 Å². The number of nitrogens with two attached hydrogens (primary N) is 1. The number of ether oxygens (including phenoxy) is 4. The number of ketones is 1. The van der Waals surface area contributed by atoms with Crippen LogP contribution in [0.3, 0.4) is 0 Å². The molecule has 0 saturated carbocycles. The lowest BCUT2D eigenvalue weighted by atomic mass is 9.91. The summed E-state index contributed by atoms with van der Waals surface area (Å²) >= 11 is 2.99. The molecule has 0 unspecified atom stereocenters. The Balaban J connectivity index is 0.000000561. The van der Waals surface area contributed by atoms with Gasteiger partial charge < -0.3 is 45.5 Å². The van der Waals surface area contributed by atoms with Crippen LogP contribution < -0.4 is 16.4 Å². The number of alkyl halides is 3. The van der Waals surface area contributed by atoms with Crippen molar-refractivity contribution in [3.63, 3.8) is 0 Å². The molecular weight excluding hydrogens is 1010 g/mol. The van der Waals surface area contributed by atoms with Gasteiger partial charge in [-0.15, -0.1) is 22.7 Å². The minimum absolute atomic E-state index is 0.109. The second kappa shape index (κ2) is 33.8. The van der Waals surface area contributed by atoms with Gasteiger partial charge in [-0.1, -0.05) is 84.9 Å². The summed E-state index contributed by atoms with van der Waals surface area (Å²) in [5.74, 6) is -4.95. The Morgan fingerprint density at radius 1 is 0.622 bits per heavy atom. The number of hydrogen-bond donors (Lipinski definition) is 5. The largest absolute Gasteiger partial charge is 0.490 e. The van der Waals surface area contributed by atoms with Gasteiger partial charge in [-0.05, 0) is 107 Å². The Morgan fingerprint density at radius 2 is 1.03 bits per heavy atom. The van der Waals surface area contributed by atoms with Crippen molar-refractivity contribution < 1.29 is 75.9 Å². The van der Waals surface area contributed by atoms with E-state index < -0.39 is 59.6 Å². The number of aliphatic carboxylic acids is 2. The molecule has 0 bridgehead atoms. The van der Waals surface area contributed by atoms with Gasteiger partial charge in [0.05, 0.1) is 20.3 Å². The number of hydrogen-bond acceptors (Lipinski definition) is 14. The number of aryl methyl sites for hydroxylation is 2. The van der Waals surface area contributed by atoms with Crippen LogP contribution in [0.2, 0.25) is 0 Å². The van der Waals surface area contributed by atoms with Crippen molar-refractivity contribution in [3.05, 3.63) is 141 Å². The van der Waals surface area contributed by atoms with Gasteiger partial charge in [-0.3, -0.25) is 4.79 Å². The van der Waals surface area contributed by atoms with Gasteiger partial charge in [0, 0.05) is 47.2 Å². The van der Waals surface area contributed by atoms with Crippen LogP contribution in [0.4, 0.5) is 22.8 Å². The van der Waals surface area contributed by atoms with E-state index in [0.717, 1.165) is 34.6 Å².